The van der Waals surface area contributed by atoms with Gasteiger partial charge in [-0.2, -0.15) is 5.10 Å². The Bertz CT molecular complexity index is 863. The maximum Gasteiger partial charge on any atom is 0.224 e. The van der Waals surface area contributed by atoms with Gasteiger partial charge in [-0.05, 0) is 33.3 Å². The summed E-state index contributed by atoms with van der Waals surface area (Å²) in [7, 11) is 0. The zero-order valence-electron chi connectivity index (χ0n) is 17.4. The second kappa shape index (κ2) is 8.69. The molecular formula is C22H30N4O2. The fourth-order valence-corrected chi connectivity index (χ4v) is 4.01. The van der Waals surface area contributed by atoms with Crippen molar-refractivity contribution in [2.24, 2.45) is 0 Å². The fourth-order valence-electron chi connectivity index (χ4n) is 4.01. The number of aromatic nitrogens is 2. The van der Waals surface area contributed by atoms with Gasteiger partial charge in [0.2, 0.25) is 5.91 Å². The lowest BCUT2D eigenvalue weighted by molar-refractivity contribution is -0.133. The second-order valence-corrected chi connectivity index (χ2v) is 7.72. The standard InChI is InChI=1S/C22H30N4O2/c1-16-6-5-7-20(14-16)15-24-10-12-25(13-11-24)21(28)8-9-26-18(3)22(19(4)27)17(2)23-26/h5-7,14H,8-13,15H2,1-4H3. The van der Waals surface area contributed by atoms with E-state index in [1.54, 1.807) is 11.6 Å². The number of benzene rings is 1. The molecule has 28 heavy (non-hydrogen) atoms. The molecule has 0 bridgehead atoms. The number of amides is 1. The molecule has 6 heteroatoms. The third kappa shape index (κ3) is 4.68. The summed E-state index contributed by atoms with van der Waals surface area (Å²) in [6.45, 7) is 12.2. The summed E-state index contributed by atoms with van der Waals surface area (Å²) >= 11 is 0. The molecular weight excluding hydrogens is 352 g/mol. The first-order valence-corrected chi connectivity index (χ1v) is 9.95. The number of carbonyl (C=O) groups excluding carboxylic acids is 2. The van der Waals surface area contributed by atoms with E-state index >= 15 is 0 Å². The second-order valence-electron chi connectivity index (χ2n) is 7.72. The molecule has 0 aliphatic carbocycles. The van der Waals surface area contributed by atoms with E-state index in [1.165, 1.54) is 11.1 Å². The lowest BCUT2D eigenvalue weighted by atomic mass is 10.1. The summed E-state index contributed by atoms with van der Waals surface area (Å²) in [5, 5.41) is 4.43. The average molecular weight is 383 g/mol. The van der Waals surface area contributed by atoms with Crippen LogP contribution >= 0.6 is 0 Å². The number of hydrogen-bond donors (Lipinski definition) is 0. The molecule has 1 aromatic heterocycles. The van der Waals surface area contributed by atoms with Gasteiger partial charge < -0.3 is 4.90 Å². The van der Waals surface area contributed by atoms with Gasteiger partial charge in [-0.3, -0.25) is 19.2 Å². The summed E-state index contributed by atoms with van der Waals surface area (Å²) in [4.78, 5) is 28.7. The van der Waals surface area contributed by atoms with Crippen LogP contribution in [0.25, 0.3) is 0 Å². The molecule has 1 aromatic carbocycles. The van der Waals surface area contributed by atoms with Gasteiger partial charge in [0.1, 0.15) is 0 Å². The number of nitrogens with zero attached hydrogens (tertiary/aromatic N) is 4. The topological polar surface area (TPSA) is 58.4 Å². The van der Waals surface area contributed by atoms with Crippen LogP contribution in [0.4, 0.5) is 0 Å². The Balaban J connectivity index is 1.49. The molecule has 150 valence electrons. The van der Waals surface area contributed by atoms with Gasteiger partial charge in [-0.25, -0.2) is 0 Å². The quantitative estimate of drug-likeness (QED) is 0.721. The minimum absolute atomic E-state index is 0.0253. The normalized spacial score (nSPS) is 15.1. The molecule has 1 aliphatic heterocycles. The zero-order valence-corrected chi connectivity index (χ0v) is 17.4. The van der Waals surface area contributed by atoms with Crippen LogP contribution in [-0.2, 0) is 17.9 Å². The van der Waals surface area contributed by atoms with Crippen molar-refractivity contribution in [1.29, 1.82) is 0 Å². The number of rotatable bonds is 6. The molecule has 1 amide bonds. The van der Waals surface area contributed by atoms with Gasteiger partial charge in [0.25, 0.3) is 0 Å². The monoisotopic (exact) mass is 382 g/mol. The highest BCUT2D eigenvalue weighted by Crippen LogP contribution is 2.15. The summed E-state index contributed by atoms with van der Waals surface area (Å²) in [6.07, 6.45) is 0.414. The third-order valence-electron chi connectivity index (χ3n) is 5.48. The SMILES string of the molecule is CC(=O)c1c(C)nn(CCC(=O)N2CCN(Cc3cccc(C)c3)CC2)c1C. The van der Waals surface area contributed by atoms with E-state index in [4.69, 9.17) is 0 Å². The van der Waals surface area contributed by atoms with Crippen LogP contribution in [0.2, 0.25) is 0 Å². The first-order valence-electron chi connectivity index (χ1n) is 9.95. The molecule has 1 saturated heterocycles. The van der Waals surface area contributed by atoms with Gasteiger partial charge in [0, 0.05) is 51.4 Å². The van der Waals surface area contributed by atoms with Gasteiger partial charge >= 0.3 is 0 Å². The number of Topliss-reactive ketones (excluding diaryl/α,β-unsaturated/α-hetero) is 1. The summed E-state index contributed by atoms with van der Waals surface area (Å²) in [5.41, 5.74) is 4.87. The van der Waals surface area contributed by atoms with E-state index in [9.17, 15) is 9.59 Å². The van der Waals surface area contributed by atoms with E-state index in [0.29, 0.717) is 18.5 Å². The number of carbonyl (C=O) groups is 2. The van der Waals surface area contributed by atoms with Gasteiger partial charge in [0.15, 0.2) is 5.78 Å². The number of piperazine rings is 1. The Morgan fingerprint density at radius 2 is 1.79 bits per heavy atom. The Labute approximate surface area is 167 Å². The molecule has 1 fully saturated rings. The van der Waals surface area contributed by atoms with E-state index < -0.39 is 0 Å². The first-order chi connectivity index (χ1) is 13.3. The van der Waals surface area contributed by atoms with Crippen LogP contribution < -0.4 is 0 Å². The minimum atomic E-state index is 0.0253. The van der Waals surface area contributed by atoms with Crippen molar-refractivity contribution in [3.8, 4) is 0 Å². The van der Waals surface area contributed by atoms with Crippen molar-refractivity contribution in [2.45, 2.75) is 47.2 Å². The molecule has 6 nitrogen and oxygen atoms in total. The maximum absolute atomic E-state index is 12.6. The molecule has 2 heterocycles. The lowest BCUT2D eigenvalue weighted by Gasteiger charge is -2.35. The lowest BCUT2D eigenvalue weighted by Crippen LogP contribution is -2.48. The number of aryl methyl sites for hydroxylation is 3. The summed E-state index contributed by atoms with van der Waals surface area (Å²) in [5.74, 6) is 0.185. The first kappa shape index (κ1) is 20.3. The Hall–Kier alpha value is -2.47. The van der Waals surface area contributed by atoms with Crippen molar-refractivity contribution >= 4 is 11.7 Å². The Morgan fingerprint density at radius 1 is 1.07 bits per heavy atom. The molecule has 0 N–H and O–H groups in total. The predicted octanol–water partition coefficient (Wildman–Crippen LogP) is 2.75. The Kier molecular flexibility index (Phi) is 6.29. The maximum atomic E-state index is 12.6. The van der Waals surface area contributed by atoms with Gasteiger partial charge in [-0.15, -0.1) is 0 Å². The Morgan fingerprint density at radius 3 is 2.39 bits per heavy atom. The molecule has 0 atom stereocenters. The van der Waals surface area contributed by atoms with Crippen LogP contribution in [0, 0.1) is 20.8 Å². The largest absolute Gasteiger partial charge is 0.340 e. The number of hydrogen-bond acceptors (Lipinski definition) is 4. The molecule has 0 saturated carbocycles. The smallest absolute Gasteiger partial charge is 0.224 e. The molecule has 1 aliphatic rings. The van der Waals surface area contributed by atoms with Gasteiger partial charge in [-0.1, -0.05) is 29.8 Å². The van der Waals surface area contributed by atoms with Crippen molar-refractivity contribution in [3.63, 3.8) is 0 Å². The zero-order chi connectivity index (χ0) is 20.3. The van der Waals surface area contributed by atoms with E-state index in [-0.39, 0.29) is 11.7 Å². The van der Waals surface area contributed by atoms with Crippen molar-refractivity contribution < 1.29 is 9.59 Å². The molecule has 3 rings (SSSR count). The van der Waals surface area contributed by atoms with E-state index in [0.717, 1.165) is 44.1 Å². The van der Waals surface area contributed by atoms with Crippen molar-refractivity contribution in [1.82, 2.24) is 19.6 Å². The van der Waals surface area contributed by atoms with Crippen LogP contribution in [0.3, 0.4) is 0 Å². The van der Waals surface area contributed by atoms with E-state index in [2.05, 4.69) is 41.2 Å². The predicted molar refractivity (Wildman–Crippen MR) is 109 cm³/mol. The molecule has 0 spiro atoms. The molecule has 0 unspecified atom stereocenters. The van der Waals surface area contributed by atoms with Crippen LogP contribution in [0.15, 0.2) is 24.3 Å². The highest BCUT2D eigenvalue weighted by atomic mass is 16.2. The fraction of sp³-hybridized carbons (Fsp3) is 0.500. The van der Waals surface area contributed by atoms with Gasteiger partial charge in [0.05, 0.1) is 11.3 Å². The van der Waals surface area contributed by atoms with Crippen molar-refractivity contribution in [3.05, 3.63) is 52.3 Å². The molecule has 2 aromatic rings. The molecule has 0 radical (unpaired) electrons. The highest BCUT2D eigenvalue weighted by Gasteiger charge is 2.22. The van der Waals surface area contributed by atoms with Crippen LogP contribution in [0.1, 0.15) is 46.2 Å². The van der Waals surface area contributed by atoms with Crippen molar-refractivity contribution in [2.75, 3.05) is 26.2 Å². The third-order valence-corrected chi connectivity index (χ3v) is 5.48. The van der Waals surface area contributed by atoms with Crippen LogP contribution in [-0.4, -0.2) is 57.4 Å². The average Bonchev–Trinajstić information content (AvgIpc) is 2.94. The summed E-state index contributed by atoms with van der Waals surface area (Å²) in [6, 6.07) is 8.60. The van der Waals surface area contributed by atoms with Crippen LogP contribution in [0.5, 0.6) is 0 Å². The number of ketones is 1. The highest BCUT2D eigenvalue weighted by molar-refractivity contribution is 5.96. The summed E-state index contributed by atoms with van der Waals surface area (Å²) < 4.78 is 1.79. The van der Waals surface area contributed by atoms with E-state index in [1.807, 2.05) is 18.7 Å². The minimum Gasteiger partial charge on any atom is -0.340 e.